The molecule has 11 heteroatoms. The number of carbonyl (C=O) groups is 2. The lowest BCUT2D eigenvalue weighted by molar-refractivity contribution is -0.401. The van der Waals surface area contributed by atoms with Gasteiger partial charge in [0, 0.05) is 64.2 Å². The Kier molecular flexibility index (Phi) is 8.58. The second-order valence-electron chi connectivity index (χ2n) is 13.0. The van der Waals surface area contributed by atoms with Crippen LogP contribution in [0.4, 0.5) is 11.4 Å². The van der Waals surface area contributed by atoms with E-state index in [0.717, 1.165) is 17.0 Å². The van der Waals surface area contributed by atoms with Gasteiger partial charge in [-0.1, -0.05) is 38.5 Å². The minimum absolute atomic E-state index is 0.0410. The second-order valence-corrected chi connectivity index (χ2v) is 14.4. The maximum Gasteiger partial charge on any atom is 0.303 e. The average molecular weight is 653 g/mol. The minimum atomic E-state index is -4.49. The summed E-state index contributed by atoms with van der Waals surface area (Å²) in [6, 6.07) is 14.3. The van der Waals surface area contributed by atoms with Crippen LogP contribution in [0.1, 0.15) is 64.5 Å². The van der Waals surface area contributed by atoms with Crippen molar-refractivity contribution in [2.24, 2.45) is 0 Å². The summed E-state index contributed by atoms with van der Waals surface area (Å²) < 4.78 is 35.9. The summed E-state index contributed by atoms with van der Waals surface area (Å²) >= 11 is 0. The summed E-state index contributed by atoms with van der Waals surface area (Å²) in [5, 5.41) is 29.0. The summed E-state index contributed by atoms with van der Waals surface area (Å²) in [6.45, 7) is 8.30. The smallest absolute Gasteiger partial charge is 0.303 e. The highest BCUT2D eigenvalue weighted by molar-refractivity contribution is 7.85. The molecule has 3 aliphatic rings. The molecule has 5 rings (SSSR count). The van der Waals surface area contributed by atoms with Gasteiger partial charge in [0.2, 0.25) is 5.69 Å². The van der Waals surface area contributed by atoms with Gasteiger partial charge in [-0.05, 0) is 56.5 Å². The Morgan fingerprint density at radius 2 is 1.74 bits per heavy atom. The number of nitriles is 1. The maximum absolute atomic E-state index is 14.0. The number of unbranched alkanes of at least 4 members (excludes halogenated alkanes) is 2. The van der Waals surface area contributed by atoms with Crippen LogP contribution in [0.5, 0.6) is 0 Å². The van der Waals surface area contributed by atoms with Gasteiger partial charge in [0.25, 0.3) is 10.1 Å². The fraction of sp³-hybridized carbons (Fsp3) is 0.333. The number of allylic oxidation sites excluding steroid dienone is 7. The molecule has 47 heavy (non-hydrogen) atoms. The number of ketones is 1. The summed E-state index contributed by atoms with van der Waals surface area (Å²) in [5.41, 5.74) is 4.11. The lowest BCUT2D eigenvalue weighted by Crippen LogP contribution is -2.32. The molecule has 2 aromatic carbocycles. The van der Waals surface area contributed by atoms with Crippen LogP contribution in [-0.4, -0.2) is 59.6 Å². The monoisotopic (exact) mass is 652 g/mol. The fourth-order valence-electron chi connectivity index (χ4n) is 6.91. The molecule has 0 radical (unpaired) electrons. The molecule has 0 saturated heterocycles. The molecule has 0 spiro atoms. The van der Waals surface area contributed by atoms with E-state index in [0.29, 0.717) is 42.8 Å². The summed E-state index contributed by atoms with van der Waals surface area (Å²) in [7, 11) is -2.57. The number of anilines is 1. The number of hydrogen-bond acceptors (Lipinski definition) is 6. The van der Waals surface area contributed by atoms with Crippen LogP contribution in [-0.2, 0) is 30.5 Å². The molecule has 0 aromatic heterocycles. The van der Waals surface area contributed by atoms with Gasteiger partial charge in [-0.3, -0.25) is 14.1 Å². The third kappa shape index (κ3) is 5.69. The van der Waals surface area contributed by atoms with Crippen molar-refractivity contribution in [3.8, 4) is 6.07 Å². The van der Waals surface area contributed by atoms with Gasteiger partial charge in [0.1, 0.15) is 13.1 Å². The fourth-order valence-corrected chi connectivity index (χ4v) is 7.41. The summed E-state index contributed by atoms with van der Waals surface area (Å²) in [4.78, 5) is 26.7. The predicted molar refractivity (Wildman–Crippen MR) is 179 cm³/mol. The van der Waals surface area contributed by atoms with Gasteiger partial charge in [-0.15, -0.1) is 0 Å². The lowest BCUT2D eigenvalue weighted by atomic mass is 9.73. The number of nitrogens with zero attached hydrogens (tertiary/aromatic N) is 4. The van der Waals surface area contributed by atoms with Crippen molar-refractivity contribution in [2.45, 2.75) is 69.1 Å². The number of carbonyl (C=O) groups excluding carboxylic acids is 1. The molecule has 0 amide bonds. The highest BCUT2D eigenvalue weighted by Crippen LogP contribution is 2.50. The maximum atomic E-state index is 14.0. The van der Waals surface area contributed by atoms with Crippen molar-refractivity contribution >= 4 is 44.8 Å². The quantitative estimate of drug-likeness (QED) is 0.0818. The van der Waals surface area contributed by atoms with Crippen molar-refractivity contribution in [1.82, 2.24) is 0 Å². The van der Waals surface area contributed by atoms with E-state index in [1.54, 1.807) is 18.2 Å². The van der Waals surface area contributed by atoms with Gasteiger partial charge in [-0.2, -0.15) is 18.3 Å². The number of Topliss-reactive ketones (excluding diaryl/α,β-unsaturated/α-hetero) is 1. The molecular weight excluding hydrogens is 616 g/mol. The normalized spacial score (nSPS) is 19.4. The summed E-state index contributed by atoms with van der Waals surface area (Å²) in [5.74, 6) is 0.760. The van der Waals surface area contributed by atoms with Crippen molar-refractivity contribution in [1.29, 1.82) is 5.26 Å². The number of carboxylic acids is 1. The molecule has 0 saturated carbocycles. The van der Waals surface area contributed by atoms with E-state index in [1.165, 1.54) is 12.1 Å². The minimum Gasteiger partial charge on any atom is -0.762 e. The molecule has 2 heterocycles. The third-order valence-electron chi connectivity index (χ3n) is 9.44. The average Bonchev–Trinajstić information content (AvgIpc) is 3.34. The lowest BCUT2D eigenvalue weighted by Gasteiger charge is -2.30. The van der Waals surface area contributed by atoms with Gasteiger partial charge in [0.15, 0.2) is 11.5 Å². The van der Waals surface area contributed by atoms with Gasteiger partial charge < -0.3 is 15.4 Å². The Balaban J connectivity index is 1.65. The van der Waals surface area contributed by atoms with E-state index in [9.17, 15) is 33.2 Å². The highest BCUT2D eigenvalue weighted by atomic mass is 32.2. The number of hydrogen-bond donors (Lipinski definition) is 2. The van der Waals surface area contributed by atoms with Crippen LogP contribution in [0.2, 0.25) is 0 Å². The third-order valence-corrected chi connectivity index (χ3v) is 10.3. The standard InChI is InChI=1S/C36H36N4O6S/c1-35(2)26-11-8-9-12-28(26)39(5)30(35)18-24-33(22(20-37)21-38)25(34(24)43)19-31-36(3,4)27-17-23(47(44,45)46)14-15-29(27)40(31)16-10-6-7-13-32(41)42/h8-9,11-12,14-15,17-19H,6-7,10,13,16H2,1-5H3,(H,41,42)(H,44,45,46). The SMILES string of the molecule is C[N+]1=C(/C=C2\C(=O)C(/C=C3/N(CCCCCC(=O)O)c4ccc(S(=O)(=O)O)cc4C3(C)C)=C2C(=C=[N-])C#N)C(C)(C)c2ccccc21. The number of rotatable bonds is 10. The van der Waals surface area contributed by atoms with Crippen molar-refractivity contribution in [3.05, 3.63) is 99.1 Å². The molecule has 2 aromatic rings. The van der Waals surface area contributed by atoms with E-state index in [1.807, 2.05) is 66.6 Å². The number of para-hydroxylation sites is 1. The van der Waals surface area contributed by atoms with Crippen LogP contribution in [0.15, 0.2) is 87.5 Å². The zero-order valence-corrected chi connectivity index (χ0v) is 27.8. The van der Waals surface area contributed by atoms with Gasteiger partial charge in [-0.25, -0.2) is 5.87 Å². The van der Waals surface area contributed by atoms with Crippen LogP contribution in [0, 0.1) is 11.3 Å². The molecule has 0 fully saturated rings. The molecule has 0 unspecified atom stereocenters. The van der Waals surface area contributed by atoms with Crippen molar-refractivity contribution in [2.75, 3.05) is 18.5 Å². The Morgan fingerprint density at radius 1 is 1.04 bits per heavy atom. The molecule has 2 aliphatic heterocycles. The molecule has 242 valence electrons. The van der Waals surface area contributed by atoms with E-state index >= 15 is 0 Å². The van der Waals surface area contributed by atoms with Crippen LogP contribution >= 0.6 is 0 Å². The first-order valence-electron chi connectivity index (χ1n) is 15.3. The van der Waals surface area contributed by atoms with Crippen LogP contribution < -0.4 is 4.90 Å². The predicted octanol–water partition coefficient (Wildman–Crippen LogP) is 5.76. The first kappa shape index (κ1) is 33.5. The Bertz CT molecular complexity index is 2070. The first-order chi connectivity index (χ1) is 22.0. The summed E-state index contributed by atoms with van der Waals surface area (Å²) in [6.07, 6.45) is 5.20. The highest BCUT2D eigenvalue weighted by Gasteiger charge is 2.46. The Morgan fingerprint density at radius 3 is 2.36 bits per heavy atom. The van der Waals surface area contributed by atoms with E-state index in [-0.39, 0.29) is 39.4 Å². The zero-order chi connectivity index (χ0) is 34.5. The number of aliphatic carboxylic acids is 1. The van der Waals surface area contributed by atoms with Gasteiger partial charge in [0.05, 0.1) is 15.9 Å². The van der Waals surface area contributed by atoms with Gasteiger partial charge >= 0.3 is 5.97 Å². The van der Waals surface area contributed by atoms with Crippen molar-refractivity contribution in [3.63, 3.8) is 0 Å². The Labute approximate surface area is 274 Å². The number of fused-ring (bicyclic) bond motifs is 2. The van der Waals surface area contributed by atoms with Crippen LogP contribution in [0.3, 0.4) is 0 Å². The number of carboxylic acid groups (broad SMARTS) is 1. The molecule has 10 nitrogen and oxygen atoms in total. The zero-order valence-electron chi connectivity index (χ0n) is 27.0. The van der Waals surface area contributed by atoms with Crippen LogP contribution in [0.25, 0.3) is 5.41 Å². The Hall–Kier alpha value is -4.88. The molecule has 2 N–H and O–H groups in total. The number of benzene rings is 2. The first-order valence-corrected chi connectivity index (χ1v) is 16.7. The molecule has 0 atom stereocenters. The van der Waals surface area contributed by atoms with E-state index < -0.39 is 26.9 Å². The van der Waals surface area contributed by atoms with E-state index in [2.05, 4.69) is 13.8 Å². The molecule has 0 bridgehead atoms. The van der Waals surface area contributed by atoms with E-state index in [4.69, 9.17) is 5.11 Å². The second kappa shape index (κ2) is 12.0. The molecular formula is C36H36N4O6S. The largest absolute Gasteiger partial charge is 0.762 e. The van der Waals surface area contributed by atoms with Crippen molar-refractivity contribution < 1.29 is 32.2 Å². The topological polar surface area (TPSA) is 161 Å². The molecule has 1 aliphatic carbocycles.